The number of rotatable bonds is 3. The summed E-state index contributed by atoms with van der Waals surface area (Å²) < 4.78 is 6.70. The Morgan fingerprint density at radius 2 is 2.44 bits per heavy atom. The van der Waals surface area contributed by atoms with E-state index in [0.717, 1.165) is 30.0 Å². The molecule has 1 fully saturated rings. The van der Waals surface area contributed by atoms with Crippen molar-refractivity contribution in [3.05, 3.63) is 22.8 Å². The largest absolute Gasteiger partial charge is 0.377 e. The monoisotopic (exact) mass is 284 g/mol. The summed E-state index contributed by atoms with van der Waals surface area (Å²) in [5, 5.41) is 0. The molecular formula is C12H17BrN2O. The van der Waals surface area contributed by atoms with Crippen LogP contribution < -0.4 is 4.90 Å². The Kier molecular flexibility index (Phi) is 4.18. The molecule has 1 aliphatic rings. The van der Waals surface area contributed by atoms with Crippen molar-refractivity contribution < 1.29 is 4.74 Å². The summed E-state index contributed by atoms with van der Waals surface area (Å²) in [5.41, 5.74) is 0. The molecule has 1 aromatic heterocycles. The van der Waals surface area contributed by atoms with Crippen LogP contribution in [-0.2, 0) is 4.74 Å². The number of ether oxygens (including phenoxy) is 1. The Balaban J connectivity index is 2.01. The summed E-state index contributed by atoms with van der Waals surface area (Å²) in [6.45, 7) is 4.89. The second kappa shape index (κ2) is 5.64. The summed E-state index contributed by atoms with van der Waals surface area (Å²) in [4.78, 5) is 6.72. The van der Waals surface area contributed by atoms with Crippen molar-refractivity contribution in [1.82, 2.24) is 4.98 Å². The van der Waals surface area contributed by atoms with Crippen LogP contribution in [-0.4, -0.2) is 30.8 Å². The lowest BCUT2D eigenvalue weighted by Crippen LogP contribution is -2.40. The van der Waals surface area contributed by atoms with Crippen molar-refractivity contribution >= 4 is 21.7 Å². The number of piperidine rings is 1. The van der Waals surface area contributed by atoms with Gasteiger partial charge in [0.2, 0.25) is 0 Å². The molecule has 0 amide bonds. The number of hydrogen-bond acceptors (Lipinski definition) is 3. The maximum atomic E-state index is 5.68. The average Bonchev–Trinajstić information content (AvgIpc) is 2.31. The molecule has 4 heteroatoms. The molecular weight excluding hydrogens is 268 g/mol. The van der Waals surface area contributed by atoms with Crippen LogP contribution in [0, 0.1) is 0 Å². The van der Waals surface area contributed by atoms with Gasteiger partial charge in [-0.15, -0.1) is 0 Å². The van der Waals surface area contributed by atoms with E-state index in [1.165, 1.54) is 12.8 Å². The van der Waals surface area contributed by atoms with E-state index in [0.29, 0.717) is 6.10 Å². The van der Waals surface area contributed by atoms with E-state index in [2.05, 4.69) is 38.8 Å². The minimum atomic E-state index is 0.365. The fraction of sp³-hybridized carbons (Fsp3) is 0.583. The molecule has 16 heavy (non-hydrogen) atoms. The van der Waals surface area contributed by atoms with Crippen LogP contribution in [0.2, 0.25) is 0 Å². The van der Waals surface area contributed by atoms with Crippen molar-refractivity contribution in [3.63, 3.8) is 0 Å². The van der Waals surface area contributed by atoms with Crippen molar-refractivity contribution in [1.29, 1.82) is 0 Å². The number of nitrogens with zero attached hydrogens (tertiary/aromatic N) is 2. The Hall–Kier alpha value is -0.610. The van der Waals surface area contributed by atoms with Gasteiger partial charge in [-0.05, 0) is 47.8 Å². The molecule has 0 spiro atoms. The number of halogens is 1. The first kappa shape index (κ1) is 11.9. The highest BCUT2D eigenvalue weighted by Crippen LogP contribution is 2.20. The highest BCUT2D eigenvalue weighted by atomic mass is 79.9. The van der Waals surface area contributed by atoms with Gasteiger partial charge in [0.05, 0.1) is 6.10 Å². The minimum Gasteiger partial charge on any atom is -0.377 e. The Bertz CT molecular complexity index is 326. The smallest absolute Gasteiger partial charge is 0.128 e. The Morgan fingerprint density at radius 3 is 3.12 bits per heavy atom. The molecule has 0 bridgehead atoms. The normalized spacial score (nSPS) is 21.1. The zero-order valence-corrected chi connectivity index (χ0v) is 11.1. The van der Waals surface area contributed by atoms with Gasteiger partial charge in [0.15, 0.2) is 0 Å². The Morgan fingerprint density at radius 1 is 1.56 bits per heavy atom. The van der Waals surface area contributed by atoms with Gasteiger partial charge in [-0.2, -0.15) is 0 Å². The summed E-state index contributed by atoms with van der Waals surface area (Å²) in [5.74, 6) is 1.05. The molecule has 2 heterocycles. The lowest BCUT2D eigenvalue weighted by atomic mass is 10.1. The molecule has 3 nitrogen and oxygen atoms in total. The average molecular weight is 285 g/mol. The molecule has 0 radical (unpaired) electrons. The molecule has 2 rings (SSSR count). The number of pyridine rings is 1. The predicted octanol–water partition coefficient (Wildman–Crippen LogP) is 2.85. The third kappa shape index (κ3) is 2.95. The predicted molar refractivity (Wildman–Crippen MR) is 68.8 cm³/mol. The van der Waals surface area contributed by atoms with Crippen molar-refractivity contribution in [3.8, 4) is 0 Å². The van der Waals surface area contributed by atoms with Crippen LogP contribution in [0.15, 0.2) is 22.8 Å². The lowest BCUT2D eigenvalue weighted by Gasteiger charge is -2.33. The van der Waals surface area contributed by atoms with E-state index in [4.69, 9.17) is 4.74 Å². The highest BCUT2D eigenvalue weighted by molar-refractivity contribution is 9.10. The molecule has 0 aromatic carbocycles. The summed E-state index contributed by atoms with van der Waals surface area (Å²) >= 11 is 3.40. The first-order valence-electron chi connectivity index (χ1n) is 5.77. The van der Waals surface area contributed by atoms with Gasteiger partial charge in [0.1, 0.15) is 5.82 Å². The zero-order valence-electron chi connectivity index (χ0n) is 9.53. The van der Waals surface area contributed by atoms with Gasteiger partial charge in [-0.1, -0.05) is 0 Å². The molecule has 0 N–H and O–H groups in total. The lowest BCUT2D eigenvalue weighted by molar-refractivity contribution is 0.0525. The first-order valence-corrected chi connectivity index (χ1v) is 6.57. The molecule has 0 aliphatic carbocycles. The van der Waals surface area contributed by atoms with Crippen LogP contribution in [0.25, 0.3) is 0 Å². The van der Waals surface area contributed by atoms with Crippen LogP contribution >= 0.6 is 15.9 Å². The van der Waals surface area contributed by atoms with E-state index < -0.39 is 0 Å². The maximum Gasteiger partial charge on any atom is 0.128 e. The summed E-state index contributed by atoms with van der Waals surface area (Å²) in [7, 11) is 0. The van der Waals surface area contributed by atoms with Gasteiger partial charge in [-0.3, -0.25) is 0 Å². The van der Waals surface area contributed by atoms with Crippen LogP contribution in [0.4, 0.5) is 5.82 Å². The maximum absolute atomic E-state index is 5.68. The van der Waals surface area contributed by atoms with E-state index in [1.54, 1.807) is 0 Å². The SMILES string of the molecule is CCOC1CCCN(c2ccc(Br)cn2)C1. The highest BCUT2D eigenvalue weighted by Gasteiger charge is 2.20. The number of anilines is 1. The molecule has 0 saturated carbocycles. The fourth-order valence-electron chi connectivity index (χ4n) is 2.07. The van der Waals surface area contributed by atoms with Gasteiger partial charge in [0.25, 0.3) is 0 Å². The quantitative estimate of drug-likeness (QED) is 0.854. The van der Waals surface area contributed by atoms with E-state index >= 15 is 0 Å². The first-order chi connectivity index (χ1) is 7.79. The van der Waals surface area contributed by atoms with Crippen LogP contribution in [0.1, 0.15) is 19.8 Å². The molecule has 1 aromatic rings. The molecule has 1 saturated heterocycles. The Labute approximate surface area is 105 Å². The van der Waals surface area contributed by atoms with Gasteiger partial charge >= 0.3 is 0 Å². The summed E-state index contributed by atoms with van der Waals surface area (Å²) in [6, 6.07) is 4.09. The van der Waals surface area contributed by atoms with Crippen LogP contribution in [0.3, 0.4) is 0 Å². The fourth-order valence-corrected chi connectivity index (χ4v) is 2.31. The standard InChI is InChI=1S/C12H17BrN2O/c1-2-16-11-4-3-7-15(9-11)12-6-5-10(13)8-14-12/h5-6,8,11H,2-4,7,9H2,1H3. The van der Waals surface area contributed by atoms with Gasteiger partial charge in [0, 0.05) is 30.4 Å². The number of aromatic nitrogens is 1. The number of hydrogen-bond donors (Lipinski definition) is 0. The zero-order chi connectivity index (χ0) is 11.4. The summed E-state index contributed by atoms with van der Waals surface area (Å²) in [6.07, 6.45) is 4.56. The van der Waals surface area contributed by atoms with Crippen molar-refractivity contribution in [2.45, 2.75) is 25.9 Å². The molecule has 88 valence electrons. The van der Waals surface area contributed by atoms with Crippen LogP contribution in [0.5, 0.6) is 0 Å². The van der Waals surface area contributed by atoms with Gasteiger partial charge < -0.3 is 9.64 Å². The topological polar surface area (TPSA) is 25.4 Å². The second-order valence-electron chi connectivity index (χ2n) is 4.00. The third-order valence-electron chi connectivity index (χ3n) is 2.82. The molecule has 1 unspecified atom stereocenters. The van der Waals surface area contributed by atoms with E-state index in [-0.39, 0.29) is 0 Å². The molecule has 1 aliphatic heterocycles. The van der Waals surface area contributed by atoms with Crippen molar-refractivity contribution in [2.75, 3.05) is 24.6 Å². The van der Waals surface area contributed by atoms with Crippen molar-refractivity contribution in [2.24, 2.45) is 0 Å². The third-order valence-corrected chi connectivity index (χ3v) is 3.29. The molecule has 1 atom stereocenters. The minimum absolute atomic E-state index is 0.365. The van der Waals surface area contributed by atoms with Gasteiger partial charge in [-0.25, -0.2) is 4.98 Å². The van der Waals surface area contributed by atoms with E-state index in [9.17, 15) is 0 Å². The second-order valence-corrected chi connectivity index (χ2v) is 4.92. The van der Waals surface area contributed by atoms with E-state index in [1.807, 2.05) is 12.3 Å².